The van der Waals surface area contributed by atoms with E-state index in [9.17, 15) is 0 Å². The maximum Gasteiger partial charge on any atom is 0.0419 e. The molecule has 0 aromatic heterocycles. The number of rotatable bonds is 4. The Balaban J connectivity index is 2.57. The molecule has 1 saturated heterocycles. The predicted molar refractivity (Wildman–Crippen MR) is 65.8 cm³/mol. The molecule has 0 saturated carbocycles. The molecule has 1 fully saturated rings. The van der Waals surface area contributed by atoms with Crippen LogP contribution in [0.15, 0.2) is 0 Å². The lowest BCUT2D eigenvalue weighted by Gasteiger charge is -2.44. The van der Waals surface area contributed by atoms with Crippen molar-refractivity contribution in [1.82, 2.24) is 4.90 Å². The quantitative estimate of drug-likeness (QED) is 0.777. The van der Waals surface area contributed by atoms with Gasteiger partial charge in [-0.2, -0.15) is 11.8 Å². The first-order valence-corrected chi connectivity index (χ1v) is 6.75. The average Bonchev–Trinajstić information content (AvgIpc) is 2.18. The SMILES string of the molecule is CC(C)CN(C)C1(CN)CCCSC1. The molecule has 1 aliphatic rings. The van der Waals surface area contributed by atoms with Crippen LogP contribution in [0.5, 0.6) is 0 Å². The zero-order chi connectivity index (χ0) is 10.6. The van der Waals surface area contributed by atoms with Crippen LogP contribution in [0.25, 0.3) is 0 Å². The Labute approximate surface area is 92.6 Å². The zero-order valence-corrected chi connectivity index (χ0v) is 10.6. The molecule has 14 heavy (non-hydrogen) atoms. The average molecular weight is 216 g/mol. The minimum atomic E-state index is 0.285. The van der Waals surface area contributed by atoms with Crippen LogP contribution in [0.1, 0.15) is 26.7 Å². The molecule has 1 atom stereocenters. The second-order valence-electron chi connectivity index (χ2n) is 4.86. The van der Waals surface area contributed by atoms with Crippen molar-refractivity contribution in [3.63, 3.8) is 0 Å². The van der Waals surface area contributed by atoms with Gasteiger partial charge in [-0.05, 0) is 31.6 Å². The number of likely N-dealkylation sites (N-methyl/N-ethyl adjacent to an activating group) is 1. The van der Waals surface area contributed by atoms with Gasteiger partial charge in [0.05, 0.1) is 0 Å². The highest BCUT2D eigenvalue weighted by Crippen LogP contribution is 2.30. The van der Waals surface area contributed by atoms with Gasteiger partial charge in [0.2, 0.25) is 0 Å². The predicted octanol–water partition coefficient (Wildman–Crippen LogP) is 1.80. The standard InChI is InChI=1S/C11H24N2S/c1-10(2)7-13(3)11(8-12)5-4-6-14-9-11/h10H,4-9,12H2,1-3H3. The van der Waals surface area contributed by atoms with E-state index in [2.05, 4.69) is 37.6 Å². The fourth-order valence-corrected chi connectivity index (χ4v) is 3.55. The summed E-state index contributed by atoms with van der Waals surface area (Å²) in [6.45, 7) is 6.52. The minimum Gasteiger partial charge on any atom is -0.329 e. The Kier molecular flexibility index (Phi) is 4.74. The van der Waals surface area contributed by atoms with Crippen LogP contribution in [0.4, 0.5) is 0 Å². The summed E-state index contributed by atoms with van der Waals surface area (Å²) >= 11 is 2.06. The summed E-state index contributed by atoms with van der Waals surface area (Å²) in [6, 6.07) is 0. The monoisotopic (exact) mass is 216 g/mol. The number of hydrogen-bond acceptors (Lipinski definition) is 3. The molecule has 84 valence electrons. The fraction of sp³-hybridized carbons (Fsp3) is 1.00. The van der Waals surface area contributed by atoms with Crippen molar-refractivity contribution in [3.8, 4) is 0 Å². The highest BCUT2D eigenvalue weighted by Gasteiger charge is 2.34. The molecule has 0 aromatic carbocycles. The molecule has 0 radical (unpaired) electrons. The van der Waals surface area contributed by atoms with Crippen LogP contribution >= 0.6 is 11.8 Å². The molecule has 1 unspecified atom stereocenters. The van der Waals surface area contributed by atoms with Crippen molar-refractivity contribution in [2.75, 3.05) is 31.6 Å². The lowest BCUT2D eigenvalue weighted by molar-refractivity contribution is 0.120. The van der Waals surface area contributed by atoms with Gasteiger partial charge in [0.25, 0.3) is 0 Å². The molecule has 0 aromatic rings. The van der Waals surface area contributed by atoms with Crippen LogP contribution in [0.2, 0.25) is 0 Å². The fourth-order valence-electron chi connectivity index (χ4n) is 2.20. The molecule has 0 bridgehead atoms. The molecule has 1 aliphatic heterocycles. The van der Waals surface area contributed by atoms with Gasteiger partial charge in [0.15, 0.2) is 0 Å². The smallest absolute Gasteiger partial charge is 0.0419 e. The van der Waals surface area contributed by atoms with E-state index in [1.54, 1.807) is 0 Å². The first-order chi connectivity index (χ1) is 6.60. The Bertz CT molecular complexity index is 165. The molecular formula is C11H24N2S. The topological polar surface area (TPSA) is 29.3 Å². The van der Waals surface area contributed by atoms with Crippen LogP contribution in [-0.4, -0.2) is 42.1 Å². The van der Waals surface area contributed by atoms with Crippen molar-refractivity contribution in [2.45, 2.75) is 32.2 Å². The number of thioether (sulfide) groups is 1. The summed E-state index contributed by atoms with van der Waals surface area (Å²) in [5.74, 6) is 3.26. The van der Waals surface area contributed by atoms with E-state index in [0.717, 1.165) is 19.0 Å². The summed E-state index contributed by atoms with van der Waals surface area (Å²) in [5, 5.41) is 0. The lowest BCUT2D eigenvalue weighted by atomic mass is 9.92. The Morgan fingerprint density at radius 2 is 2.21 bits per heavy atom. The zero-order valence-electron chi connectivity index (χ0n) is 9.75. The summed E-state index contributed by atoms with van der Waals surface area (Å²) < 4.78 is 0. The van der Waals surface area contributed by atoms with Crippen molar-refractivity contribution < 1.29 is 0 Å². The van der Waals surface area contributed by atoms with Gasteiger partial charge in [-0.15, -0.1) is 0 Å². The van der Waals surface area contributed by atoms with Gasteiger partial charge in [-0.25, -0.2) is 0 Å². The Morgan fingerprint density at radius 1 is 1.50 bits per heavy atom. The van der Waals surface area contributed by atoms with E-state index in [-0.39, 0.29) is 5.54 Å². The van der Waals surface area contributed by atoms with Crippen molar-refractivity contribution in [3.05, 3.63) is 0 Å². The van der Waals surface area contributed by atoms with Crippen molar-refractivity contribution >= 4 is 11.8 Å². The van der Waals surface area contributed by atoms with Gasteiger partial charge in [-0.1, -0.05) is 13.8 Å². The molecule has 1 heterocycles. The molecule has 2 nitrogen and oxygen atoms in total. The maximum absolute atomic E-state index is 5.96. The van der Waals surface area contributed by atoms with E-state index < -0.39 is 0 Å². The maximum atomic E-state index is 5.96. The number of hydrogen-bond donors (Lipinski definition) is 1. The highest BCUT2D eigenvalue weighted by atomic mass is 32.2. The third kappa shape index (κ3) is 2.88. The third-order valence-electron chi connectivity index (χ3n) is 3.13. The van der Waals surface area contributed by atoms with Gasteiger partial charge >= 0.3 is 0 Å². The van der Waals surface area contributed by atoms with E-state index >= 15 is 0 Å². The van der Waals surface area contributed by atoms with Crippen LogP contribution in [0.3, 0.4) is 0 Å². The van der Waals surface area contributed by atoms with Gasteiger partial charge < -0.3 is 5.73 Å². The summed E-state index contributed by atoms with van der Waals surface area (Å²) in [7, 11) is 2.23. The van der Waals surface area contributed by atoms with E-state index in [1.807, 2.05) is 0 Å². The van der Waals surface area contributed by atoms with Gasteiger partial charge in [0.1, 0.15) is 0 Å². The normalized spacial score (nSPS) is 28.7. The molecule has 0 spiro atoms. The summed E-state index contributed by atoms with van der Waals surface area (Å²) in [5.41, 5.74) is 6.24. The van der Waals surface area contributed by atoms with Crippen LogP contribution in [-0.2, 0) is 0 Å². The molecule has 0 amide bonds. The Hall–Kier alpha value is 0.270. The largest absolute Gasteiger partial charge is 0.329 e. The molecule has 3 heteroatoms. The first-order valence-electron chi connectivity index (χ1n) is 5.60. The van der Waals surface area contributed by atoms with Gasteiger partial charge in [0, 0.05) is 24.4 Å². The van der Waals surface area contributed by atoms with E-state index in [1.165, 1.54) is 24.3 Å². The number of nitrogens with zero attached hydrogens (tertiary/aromatic N) is 1. The molecule has 1 rings (SSSR count). The third-order valence-corrected chi connectivity index (χ3v) is 4.45. The number of nitrogens with two attached hydrogens (primary N) is 1. The summed E-state index contributed by atoms with van der Waals surface area (Å²) in [4.78, 5) is 2.49. The van der Waals surface area contributed by atoms with Crippen molar-refractivity contribution in [1.29, 1.82) is 0 Å². The molecule has 0 aliphatic carbocycles. The van der Waals surface area contributed by atoms with Crippen molar-refractivity contribution in [2.24, 2.45) is 11.7 Å². The molecule has 2 N–H and O–H groups in total. The van der Waals surface area contributed by atoms with Gasteiger partial charge in [-0.3, -0.25) is 4.90 Å². The van der Waals surface area contributed by atoms with E-state index in [4.69, 9.17) is 5.73 Å². The molecular weight excluding hydrogens is 192 g/mol. The van der Waals surface area contributed by atoms with Crippen LogP contribution < -0.4 is 5.73 Å². The summed E-state index contributed by atoms with van der Waals surface area (Å²) in [6.07, 6.45) is 2.60. The lowest BCUT2D eigenvalue weighted by Crippen LogP contribution is -2.56. The Morgan fingerprint density at radius 3 is 2.64 bits per heavy atom. The highest BCUT2D eigenvalue weighted by molar-refractivity contribution is 7.99. The second kappa shape index (κ2) is 5.38. The van der Waals surface area contributed by atoms with E-state index in [0.29, 0.717) is 0 Å². The van der Waals surface area contributed by atoms with Crippen LogP contribution in [0, 0.1) is 5.92 Å². The first kappa shape index (κ1) is 12.3. The minimum absolute atomic E-state index is 0.285. The second-order valence-corrected chi connectivity index (χ2v) is 5.96.